The maximum absolute atomic E-state index is 12.4. The standard InChI is InChI=1S/C24H26ClN5OS2/c1-32-21-13-7-17(8-14-21)15-26-27-22(31)16-33-24-29-28-23(18-9-11-19(25)12-10-18)30(24)20-5-3-2-4-6-20/h7-15,20H,2-6,16H2,1H3,(H,27,31)/b26-15+. The van der Waals surface area contributed by atoms with E-state index in [2.05, 4.69) is 25.3 Å². The molecular formula is C24H26ClN5OS2. The average Bonchev–Trinajstić information content (AvgIpc) is 3.28. The fraction of sp³-hybridized carbons (Fsp3) is 0.333. The molecule has 0 aliphatic heterocycles. The summed E-state index contributed by atoms with van der Waals surface area (Å²) < 4.78 is 2.21. The number of hydrogen-bond donors (Lipinski definition) is 1. The Kier molecular flexibility index (Phi) is 8.47. The van der Waals surface area contributed by atoms with Crippen LogP contribution >= 0.6 is 35.1 Å². The Bertz CT molecular complexity index is 1090. The number of aromatic nitrogens is 3. The molecule has 0 spiro atoms. The van der Waals surface area contributed by atoms with Crippen molar-refractivity contribution in [2.75, 3.05) is 12.0 Å². The Morgan fingerprint density at radius 1 is 1.12 bits per heavy atom. The van der Waals surface area contributed by atoms with Crippen molar-refractivity contribution in [2.45, 2.75) is 48.2 Å². The van der Waals surface area contributed by atoms with Gasteiger partial charge in [0.05, 0.1) is 12.0 Å². The van der Waals surface area contributed by atoms with E-state index in [0.717, 1.165) is 34.9 Å². The number of carbonyl (C=O) groups is 1. The summed E-state index contributed by atoms with van der Waals surface area (Å²) in [6, 6.07) is 16.0. The number of rotatable bonds is 8. The second-order valence-corrected chi connectivity index (χ2v) is 10.1. The molecule has 1 aromatic heterocycles. The highest BCUT2D eigenvalue weighted by Crippen LogP contribution is 2.35. The van der Waals surface area contributed by atoms with Crippen LogP contribution in [0.2, 0.25) is 5.02 Å². The SMILES string of the molecule is CSc1ccc(/C=N/NC(=O)CSc2nnc(-c3ccc(Cl)cc3)n2C2CCCCC2)cc1. The molecule has 172 valence electrons. The Balaban J connectivity index is 1.42. The highest BCUT2D eigenvalue weighted by Gasteiger charge is 2.24. The van der Waals surface area contributed by atoms with E-state index in [-0.39, 0.29) is 11.7 Å². The molecule has 1 saturated carbocycles. The number of thioether (sulfide) groups is 2. The van der Waals surface area contributed by atoms with Crippen molar-refractivity contribution in [3.05, 3.63) is 59.1 Å². The smallest absolute Gasteiger partial charge is 0.250 e. The van der Waals surface area contributed by atoms with Gasteiger partial charge in [0.25, 0.3) is 5.91 Å². The lowest BCUT2D eigenvalue weighted by atomic mass is 9.95. The van der Waals surface area contributed by atoms with Crippen LogP contribution < -0.4 is 5.43 Å². The van der Waals surface area contributed by atoms with Crippen molar-refractivity contribution in [3.63, 3.8) is 0 Å². The van der Waals surface area contributed by atoms with E-state index in [1.807, 2.05) is 54.8 Å². The Labute approximate surface area is 207 Å². The van der Waals surface area contributed by atoms with Gasteiger partial charge in [0, 0.05) is 21.5 Å². The first kappa shape index (κ1) is 23.9. The fourth-order valence-electron chi connectivity index (χ4n) is 3.87. The van der Waals surface area contributed by atoms with Gasteiger partial charge in [0.1, 0.15) is 0 Å². The Hall–Kier alpha value is -2.29. The molecule has 1 aliphatic carbocycles. The van der Waals surface area contributed by atoms with E-state index in [4.69, 9.17) is 11.6 Å². The average molecular weight is 500 g/mol. The molecule has 1 fully saturated rings. The van der Waals surface area contributed by atoms with Crippen LogP contribution in [-0.2, 0) is 4.79 Å². The number of nitrogens with zero attached hydrogens (tertiary/aromatic N) is 4. The quantitative estimate of drug-likeness (QED) is 0.231. The van der Waals surface area contributed by atoms with Crippen molar-refractivity contribution < 1.29 is 4.79 Å². The third-order valence-electron chi connectivity index (χ3n) is 5.56. The van der Waals surface area contributed by atoms with Crippen LogP contribution in [0.3, 0.4) is 0 Å². The summed E-state index contributed by atoms with van der Waals surface area (Å²) in [5.74, 6) is 0.866. The molecule has 2 aromatic carbocycles. The molecule has 3 aromatic rings. The Morgan fingerprint density at radius 3 is 2.55 bits per heavy atom. The van der Waals surface area contributed by atoms with Crippen LogP contribution in [0, 0.1) is 0 Å². The summed E-state index contributed by atoms with van der Waals surface area (Å²) in [6.45, 7) is 0. The third kappa shape index (κ3) is 6.40. The summed E-state index contributed by atoms with van der Waals surface area (Å²) in [5.41, 5.74) is 4.52. The van der Waals surface area contributed by atoms with Crippen LogP contribution in [0.15, 0.2) is 63.7 Å². The molecule has 0 saturated heterocycles. The number of carbonyl (C=O) groups excluding carboxylic acids is 1. The lowest BCUT2D eigenvalue weighted by Gasteiger charge is -2.25. The van der Waals surface area contributed by atoms with E-state index in [9.17, 15) is 4.79 Å². The highest BCUT2D eigenvalue weighted by atomic mass is 35.5. The molecule has 33 heavy (non-hydrogen) atoms. The van der Waals surface area contributed by atoms with Crippen LogP contribution in [0.5, 0.6) is 0 Å². The summed E-state index contributed by atoms with van der Waals surface area (Å²) in [7, 11) is 0. The van der Waals surface area contributed by atoms with Gasteiger partial charge in [-0.1, -0.05) is 54.8 Å². The minimum Gasteiger partial charge on any atom is -0.299 e. The van der Waals surface area contributed by atoms with E-state index in [0.29, 0.717) is 11.1 Å². The molecule has 0 bridgehead atoms. The second kappa shape index (κ2) is 11.7. The van der Waals surface area contributed by atoms with Crippen molar-refractivity contribution in [2.24, 2.45) is 5.10 Å². The zero-order valence-electron chi connectivity index (χ0n) is 18.4. The molecule has 0 radical (unpaired) electrons. The Morgan fingerprint density at radius 2 is 1.85 bits per heavy atom. The summed E-state index contributed by atoms with van der Waals surface area (Å²) in [6.07, 6.45) is 9.53. The normalized spacial score (nSPS) is 14.6. The van der Waals surface area contributed by atoms with Gasteiger partial charge in [-0.2, -0.15) is 5.10 Å². The van der Waals surface area contributed by atoms with Gasteiger partial charge >= 0.3 is 0 Å². The molecule has 1 aliphatic rings. The van der Waals surface area contributed by atoms with Crippen molar-refractivity contribution >= 4 is 47.2 Å². The number of hydrogen-bond acceptors (Lipinski definition) is 6. The highest BCUT2D eigenvalue weighted by molar-refractivity contribution is 7.99. The van der Waals surface area contributed by atoms with Crippen molar-refractivity contribution in [3.8, 4) is 11.4 Å². The monoisotopic (exact) mass is 499 g/mol. The fourth-order valence-corrected chi connectivity index (χ4v) is 5.20. The number of halogens is 1. The molecule has 4 rings (SSSR count). The predicted molar refractivity (Wildman–Crippen MR) is 137 cm³/mol. The zero-order valence-corrected chi connectivity index (χ0v) is 20.8. The maximum atomic E-state index is 12.4. The van der Waals surface area contributed by atoms with Gasteiger partial charge in [0.15, 0.2) is 11.0 Å². The second-order valence-electron chi connectivity index (χ2n) is 7.83. The van der Waals surface area contributed by atoms with Gasteiger partial charge in [-0.15, -0.1) is 22.0 Å². The lowest BCUT2D eigenvalue weighted by molar-refractivity contribution is -0.118. The number of benzene rings is 2. The largest absolute Gasteiger partial charge is 0.299 e. The third-order valence-corrected chi connectivity index (χ3v) is 7.50. The number of hydrazone groups is 1. The van der Waals surface area contributed by atoms with Gasteiger partial charge in [-0.25, -0.2) is 5.43 Å². The molecule has 1 amide bonds. The molecule has 0 atom stereocenters. The van der Waals surface area contributed by atoms with Gasteiger partial charge < -0.3 is 0 Å². The lowest BCUT2D eigenvalue weighted by Crippen LogP contribution is -2.20. The van der Waals surface area contributed by atoms with E-state index >= 15 is 0 Å². The number of nitrogens with one attached hydrogen (secondary N) is 1. The zero-order chi connectivity index (χ0) is 23.0. The molecule has 9 heteroatoms. The summed E-state index contributed by atoms with van der Waals surface area (Å²) in [4.78, 5) is 13.6. The van der Waals surface area contributed by atoms with Crippen LogP contribution in [-0.4, -0.2) is 38.9 Å². The van der Waals surface area contributed by atoms with Gasteiger partial charge in [-0.05, 0) is 61.1 Å². The van der Waals surface area contributed by atoms with E-state index < -0.39 is 0 Å². The van der Waals surface area contributed by atoms with E-state index in [1.54, 1.807) is 18.0 Å². The summed E-state index contributed by atoms with van der Waals surface area (Å²) in [5, 5.41) is 14.4. The molecule has 1 heterocycles. The van der Waals surface area contributed by atoms with Crippen molar-refractivity contribution in [1.82, 2.24) is 20.2 Å². The van der Waals surface area contributed by atoms with Crippen molar-refractivity contribution in [1.29, 1.82) is 0 Å². The maximum Gasteiger partial charge on any atom is 0.250 e. The predicted octanol–water partition coefficient (Wildman–Crippen LogP) is 6.07. The van der Waals surface area contributed by atoms with Gasteiger partial charge in [0.2, 0.25) is 0 Å². The molecule has 1 N–H and O–H groups in total. The number of amides is 1. The minimum atomic E-state index is -0.178. The topological polar surface area (TPSA) is 72.2 Å². The van der Waals surface area contributed by atoms with Crippen LogP contribution in [0.1, 0.15) is 43.7 Å². The first-order valence-corrected chi connectivity index (χ1v) is 13.5. The first-order valence-electron chi connectivity index (χ1n) is 10.9. The van der Waals surface area contributed by atoms with E-state index in [1.165, 1.54) is 35.9 Å². The van der Waals surface area contributed by atoms with Gasteiger partial charge in [-0.3, -0.25) is 9.36 Å². The molecule has 6 nitrogen and oxygen atoms in total. The first-order chi connectivity index (χ1) is 16.1. The molecule has 0 unspecified atom stereocenters. The van der Waals surface area contributed by atoms with Crippen LogP contribution in [0.25, 0.3) is 11.4 Å². The minimum absolute atomic E-state index is 0.178. The van der Waals surface area contributed by atoms with Crippen LogP contribution in [0.4, 0.5) is 0 Å². The summed E-state index contributed by atoms with van der Waals surface area (Å²) >= 11 is 9.15. The molecular weight excluding hydrogens is 474 g/mol.